The lowest BCUT2D eigenvalue weighted by Crippen LogP contribution is -2.46. The van der Waals surface area contributed by atoms with Gasteiger partial charge >= 0.3 is 6.09 Å². The van der Waals surface area contributed by atoms with Crippen LogP contribution in [0.15, 0.2) is 0 Å². The summed E-state index contributed by atoms with van der Waals surface area (Å²) in [6, 6.07) is 0.0457. The minimum Gasteiger partial charge on any atom is -0.449 e. The predicted molar refractivity (Wildman–Crippen MR) is 47.0 cm³/mol. The molecule has 5 nitrogen and oxygen atoms in total. The van der Waals surface area contributed by atoms with E-state index in [2.05, 4.69) is 5.43 Å². The molecule has 0 aliphatic carbocycles. The van der Waals surface area contributed by atoms with Gasteiger partial charge in [-0.2, -0.15) is 0 Å². The summed E-state index contributed by atoms with van der Waals surface area (Å²) in [6.07, 6.45) is 1.48. The Balaban J connectivity index is 2.30. The van der Waals surface area contributed by atoms with Crippen molar-refractivity contribution in [1.82, 2.24) is 10.4 Å². The highest BCUT2D eigenvalue weighted by Crippen LogP contribution is 2.13. The van der Waals surface area contributed by atoms with E-state index in [1.54, 1.807) is 11.9 Å². The van der Waals surface area contributed by atoms with E-state index < -0.39 is 6.09 Å². The number of aliphatic hydroxyl groups excluding tert-OH is 1. The molecule has 0 radical (unpaired) electrons. The van der Waals surface area contributed by atoms with Crippen LogP contribution in [-0.2, 0) is 4.74 Å². The van der Waals surface area contributed by atoms with Gasteiger partial charge in [0, 0.05) is 6.54 Å². The van der Waals surface area contributed by atoms with Crippen molar-refractivity contribution in [2.75, 3.05) is 19.8 Å². The molecule has 5 heteroatoms. The van der Waals surface area contributed by atoms with Gasteiger partial charge in [-0.05, 0) is 19.8 Å². The minimum absolute atomic E-state index is 0.0457. The van der Waals surface area contributed by atoms with Crippen LogP contribution >= 0.6 is 0 Å². The van der Waals surface area contributed by atoms with Gasteiger partial charge in [0.05, 0.1) is 19.3 Å². The number of nitrogens with zero attached hydrogens (tertiary/aromatic N) is 1. The maximum Gasteiger partial charge on any atom is 0.421 e. The fourth-order valence-electron chi connectivity index (χ4n) is 1.45. The maximum absolute atomic E-state index is 11.0. The third-order valence-electron chi connectivity index (χ3n) is 2.10. The lowest BCUT2D eigenvalue weighted by Gasteiger charge is -2.22. The number of ether oxygens (including phenoxy) is 1. The Hall–Kier alpha value is -0.810. The van der Waals surface area contributed by atoms with Gasteiger partial charge in [0.15, 0.2) is 0 Å². The molecule has 0 spiro atoms. The summed E-state index contributed by atoms with van der Waals surface area (Å²) in [5, 5.41) is 10.7. The van der Waals surface area contributed by atoms with Crippen molar-refractivity contribution >= 4 is 6.09 Å². The van der Waals surface area contributed by atoms with Gasteiger partial charge in [-0.1, -0.05) is 0 Å². The zero-order chi connectivity index (χ0) is 9.68. The molecular formula is C8H16N2O3. The summed E-state index contributed by atoms with van der Waals surface area (Å²) in [4.78, 5) is 11.0. The normalized spacial score (nSPS) is 23.1. The number of carbonyl (C=O) groups is 1. The second-order valence-electron chi connectivity index (χ2n) is 3.00. The number of rotatable bonds is 3. The van der Waals surface area contributed by atoms with Crippen molar-refractivity contribution in [3.8, 4) is 0 Å². The number of hydrogen-bond acceptors (Lipinski definition) is 4. The highest BCUT2D eigenvalue weighted by Gasteiger charge is 2.25. The zero-order valence-electron chi connectivity index (χ0n) is 7.82. The molecule has 0 aromatic rings. The fourth-order valence-corrected chi connectivity index (χ4v) is 1.45. The van der Waals surface area contributed by atoms with E-state index in [-0.39, 0.29) is 12.6 Å². The topological polar surface area (TPSA) is 61.8 Å². The van der Waals surface area contributed by atoms with Crippen LogP contribution in [0.5, 0.6) is 0 Å². The average Bonchev–Trinajstić information content (AvgIpc) is 2.52. The number of hydrogen-bond donors (Lipinski definition) is 2. The van der Waals surface area contributed by atoms with E-state index in [0.29, 0.717) is 6.61 Å². The summed E-state index contributed by atoms with van der Waals surface area (Å²) in [7, 11) is 0. The molecule has 0 saturated carbocycles. The van der Waals surface area contributed by atoms with Crippen LogP contribution in [0.2, 0.25) is 0 Å². The molecule has 2 N–H and O–H groups in total. The van der Waals surface area contributed by atoms with Gasteiger partial charge in [0.1, 0.15) is 0 Å². The molecule has 1 heterocycles. The highest BCUT2D eigenvalue weighted by atomic mass is 16.6. The number of aliphatic hydroxyl groups is 1. The van der Waals surface area contributed by atoms with Gasteiger partial charge in [-0.3, -0.25) is 5.43 Å². The minimum atomic E-state index is -0.442. The summed E-state index contributed by atoms with van der Waals surface area (Å²) >= 11 is 0. The first-order valence-electron chi connectivity index (χ1n) is 4.58. The van der Waals surface area contributed by atoms with Crippen molar-refractivity contribution in [3.63, 3.8) is 0 Å². The van der Waals surface area contributed by atoms with Crippen molar-refractivity contribution in [2.45, 2.75) is 25.8 Å². The van der Waals surface area contributed by atoms with Crippen molar-refractivity contribution in [2.24, 2.45) is 0 Å². The molecule has 1 amide bonds. The smallest absolute Gasteiger partial charge is 0.421 e. The molecule has 76 valence electrons. The quantitative estimate of drug-likeness (QED) is 0.659. The van der Waals surface area contributed by atoms with Gasteiger partial charge < -0.3 is 9.84 Å². The van der Waals surface area contributed by atoms with Crippen LogP contribution in [0.1, 0.15) is 19.8 Å². The van der Waals surface area contributed by atoms with E-state index in [9.17, 15) is 4.79 Å². The average molecular weight is 188 g/mol. The standard InChI is InChI=1S/C8H16N2O3/c1-2-13-8(12)9-10-5-3-4-7(10)6-11/h7,11H,2-6H2,1H3,(H,9,12)/t7-/m0/s1. The number of nitrogens with one attached hydrogen (secondary N) is 1. The number of carbonyl (C=O) groups excluding carboxylic acids is 1. The Bertz CT molecular complexity index is 175. The van der Waals surface area contributed by atoms with E-state index in [1.165, 1.54) is 0 Å². The number of hydrazine groups is 1. The largest absolute Gasteiger partial charge is 0.449 e. The maximum atomic E-state index is 11.0. The van der Waals surface area contributed by atoms with Gasteiger partial charge in [0.25, 0.3) is 0 Å². The predicted octanol–water partition coefficient (Wildman–Crippen LogP) is 0.104. The second-order valence-corrected chi connectivity index (χ2v) is 3.00. The molecule has 1 aliphatic heterocycles. The third-order valence-corrected chi connectivity index (χ3v) is 2.10. The lowest BCUT2D eigenvalue weighted by molar-refractivity contribution is 0.0836. The molecule has 0 aromatic carbocycles. The first-order valence-corrected chi connectivity index (χ1v) is 4.58. The first-order chi connectivity index (χ1) is 6.27. The lowest BCUT2D eigenvalue weighted by atomic mass is 10.2. The van der Waals surface area contributed by atoms with E-state index in [1.807, 2.05) is 0 Å². The van der Waals surface area contributed by atoms with Gasteiger partial charge in [-0.15, -0.1) is 0 Å². The summed E-state index contributed by atoms with van der Waals surface area (Å²) in [5.74, 6) is 0. The Morgan fingerprint density at radius 1 is 1.77 bits per heavy atom. The van der Waals surface area contributed by atoms with Gasteiger partial charge in [0.2, 0.25) is 0 Å². The third kappa shape index (κ3) is 2.86. The van der Waals surface area contributed by atoms with Crippen LogP contribution in [0, 0.1) is 0 Å². The highest BCUT2D eigenvalue weighted by molar-refractivity contribution is 5.66. The Morgan fingerprint density at radius 2 is 2.54 bits per heavy atom. The van der Waals surface area contributed by atoms with Crippen LogP contribution in [0.25, 0.3) is 0 Å². The van der Waals surface area contributed by atoms with E-state index in [4.69, 9.17) is 9.84 Å². The fraction of sp³-hybridized carbons (Fsp3) is 0.875. The molecule has 1 fully saturated rings. The second kappa shape index (κ2) is 5.04. The molecule has 1 rings (SSSR count). The summed E-state index contributed by atoms with van der Waals surface area (Å²) < 4.78 is 4.72. The summed E-state index contributed by atoms with van der Waals surface area (Å²) in [5.41, 5.74) is 2.59. The molecule has 1 saturated heterocycles. The van der Waals surface area contributed by atoms with Gasteiger partial charge in [-0.25, -0.2) is 9.80 Å². The van der Waals surface area contributed by atoms with Crippen LogP contribution in [0.3, 0.4) is 0 Å². The SMILES string of the molecule is CCOC(=O)NN1CCC[C@H]1CO. The summed E-state index contributed by atoms with van der Waals surface area (Å²) in [6.45, 7) is 2.98. The molecule has 0 unspecified atom stereocenters. The molecule has 0 bridgehead atoms. The zero-order valence-corrected chi connectivity index (χ0v) is 7.82. The molecule has 1 atom stereocenters. The first kappa shape index (κ1) is 10.3. The van der Waals surface area contributed by atoms with Crippen LogP contribution < -0.4 is 5.43 Å². The van der Waals surface area contributed by atoms with Crippen molar-refractivity contribution in [1.29, 1.82) is 0 Å². The van der Waals surface area contributed by atoms with Crippen LogP contribution in [0.4, 0.5) is 4.79 Å². The van der Waals surface area contributed by atoms with E-state index >= 15 is 0 Å². The molecule has 13 heavy (non-hydrogen) atoms. The number of amides is 1. The Morgan fingerprint density at radius 3 is 3.15 bits per heavy atom. The van der Waals surface area contributed by atoms with Crippen LogP contribution in [-0.4, -0.2) is 42.0 Å². The Kier molecular flexibility index (Phi) is 3.98. The Labute approximate surface area is 77.6 Å². The monoisotopic (exact) mass is 188 g/mol. The van der Waals surface area contributed by atoms with Crippen molar-refractivity contribution in [3.05, 3.63) is 0 Å². The van der Waals surface area contributed by atoms with E-state index in [0.717, 1.165) is 19.4 Å². The molecule has 1 aliphatic rings. The molecular weight excluding hydrogens is 172 g/mol. The van der Waals surface area contributed by atoms with Crippen molar-refractivity contribution < 1.29 is 14.6 Å². The molecule has 0 aromatic heterocycles.